The molecular weight excluding hydrogens is 474 g/mol. The summed E-state index contributed by atoms with van der Waals surface area (Å²) in [5.41, 5.74) is 0.350. The fourth-order valence-corrected chi connectivity index (χ4v) is 3.91. The van der Waals surface area contributed by atoms with Gasteiger partial charge in [0.25, 0.3) is 0 Å². The van der Waals surface area contributed by atoms with Gasteiger partial charge in [-0.15, -0.1) is 0 Å². The lowest BCUT2D eigenvalue weighted by atomic mass is 9.85. The van der Waals surface area contributed by atoms with Gasteiger partial charge in [-0.2, -0.15) is 0 Å². The number of rotatable bonds is 12. The molecule has 0 spiro atoms. The van der Waals surface area contributed by atoms with Crippen molar-refractivity contribution in [2.45, 2.75) is 44.9 Å². The van der Waals surface area contributed by atoms with E-state index in [1.165, 1.54) is 45.5 Å². The highest BCUT2D eigenvalue weighted by atomic mass is 16.5. The van der Waals surface area contributed by atoms with E-state index in [0.29, 0.717) is 41.6 Å². The first-order chi connectivity index (χ1) is 17.1. The first-order valence-electron chi connectivity index (χ1n) is 11.9. The zero-order chi connectivity index (χ0) is 27.1. The lowest BCUT2D eigenvalue weighted by Crippen LogP contribution is -3.09. The van der Waals surface area contributed by atoms with Crippen LogP contribution in [0.3, 0.4) is 0 Å². The number of ketones is 1. The summed E-state index contributed by atoms with van der Waals surface area (Å²) in [7, 11) is 6.60. The van der Waals surface area contributed by atoms with Crippen LogP contribution in [0.25, 0.3) is 0 Å². The van der Waals surface area contributed by atoms with Crippen molar-refractivity contribution in [3.05, 3.63) is 17.7 Å². The van der Waals surface area contributed by atoms with Crippen LogP contribution in [0.15, 0.2) is 12.1 Å². The van der Waals surface area contributed by atoms with E-state index in [1.54, 1.807) is 12.1 Å². The summed E-state index contributed by atoms with van der Waals surface area (Å²) in [6.45, 7) is 2.00. The van der Waals surface area contributed by atoms with Gasteiger partial charge in [0.2, 0.25) is 5.75 Å². The predicted molar refractivity (Wildman–Crippen MR) is 126 cm³/mol. The Morgan fingerprint density at radius 3 is 2.00 bits per heavy atom. The van der Waals surface area contributed by atoms with Crippen LogP contribution in [0.5, 0.6) is 17.2 Å². The molecule has 0 radical (unpaired) electrons. The van der Waals surface area contributed by atoms with Crippen molar-refractivity contribution in [3.63, 3.8) is 0 Å². The number of aliphatic carboxylic acids is 2. The fraction of sp³-hybridized carbons (Fsp3) is 0.600. The van der Waals surface area contributed by atoms with Crippen molar-refractivity contribution in [3.8, 4) is 17.2 Å². The van der Waals surface area contributed by atoms with Gasteiger partial charge in [0.15, 0.2) is 17.5 Å². The number of carbonyl (C=O) groups is 4. The molecular formula is C25H37NO10. The summed E-state index contributed by atoms with van der Waals surface area (Å²) >= 11 is 0. The van der Waals surface area contributed by atoms with E-state index in [2.05, 4.69) is 7.05 Å². The van der Waals surface area contributed by atoms with Gasteiger partial charge in [-0.05, 0) is 25.0 Å². The van der Waals surface area contributed by atoms with Gasteiger partial charge in [0.05, 0.1) is 60.1 Å². The molecule has 1 aromatic carbocycles. The number of carboxylic acids is 2. The standard InChI is InChI=1S/C23H35NO6.C2H2O4/c1-24(13-11-19(25)17-9-6-5-7-10-17)12-8-14-30-23(26)18-15-20(27-2)22(29-4)21(16-18)28-3;3-1(4)2(5)6/h15-17H,5-14H2,1-4H3;(H,3,4)(H,5,6). The molecule has 0 saturated heterocycles. The number of quaternary nitrogens is 1. The van der Waals surface area contributed by atoms with Crippen molar-refractivity contribution >= 4 is 23.7 Å². The predicted octanol–water partition coefficient (Wildman–Crippen LogP) is 0.134. The van der Waals surface area contributed by atoms with E-state index in [-0.39, 0.29) is 5.92 Å². The quantitative estimate of drug-likeness (QED) is 0.225. The minimum Gasteiger partial charge on any atom is -0.539 e. The molecule has 0 bridgehead atoms. The van der Waals surface area contributed by atoms with Crippen LogP contribution in [-0.4, -0.2) is 76.9 Å². The van der Waals surface area contributed by atoms with Gasteiger partial charge in [0, 0.05) is 12.3 Å². The smallest absolute Gasteiger partial charge is 0.351 e. The lowest BCUT2D eigenvalue weighted by molar-refractivity contribution is -0.879. The average molecular weight is 512 g/mol. The Hall–Kier alpha value is -3.34. The summed E-state index contributed by atoms with van der Waals surface area (Å²) in [5.74, 6) is -2.48. The van der Waals surface area contributed by atoms with Gasteiger partial charge in [0.1, 0.15) is 5.78 Å². The Bertz CT molecular complexity index is 843. The molecule has 11 heteroatoms. The van der Waals surface area contributed by atoms with E-state index in [9.17, 15) is 9.59 Å². The second kappa shape index (κ2) is 16.4. The van der Waals surface area contributed by atoms with Crippen molar-refractivity contribution in [2.75, 3.05) is 48.1 Å². The zero-order valence-corrected chi connectivity index (χ0v) is 21.4. The van der Waals surface area contributed by atoms with E-state index >= 15 is 0 Å². The highest BCUT2D eigenvalue weighted by Gasteiger charge is 2.22. The maximum Gasteiger partial charge on any atom is 0.351 e. The largest absolute Gasteiger partial charge is 0.539 e. The van der Waals surface area contributed by atoms with Crippen LogP contribution in [0, 0.1) is 5.92 Å². The summed E-state index contributed by atoms with van der Waals surface area (Å²) in [5, 5.41) is 16.3. The Kier molecular flexibility index (Phi) is 13.9. The summed E-state index contributed by atoms with van der Waals surface area (Å²) < 4.78 is 21.2. The van der Waals surface area contributed by atoms with Crippen LogP contribution in [0.1, 0.15) is 55.3 Å². The van der Waals surface area contributed by atoms with Gasteiger partial charge in [-0.3, -0.25) is 4.79 Å². The molecule has 1 aliphatic carbocycles. The fourth-order valence-electron chi connectivity index (χ4n) is 3.91. The number of hydrogen-bond acceptors (Lipinski definition) is 9. The molecule has 1 saturated carbocycles. The molecule has 2 rings (SSSR count). The minimum absolute atomic E-state index is 0.283. The normalized spacial score (nSPS) is 14.0. The van der Waals surface area contributed by atoms with Gasteiger partial charge < -0.3 is 38.9 Å². The van der Waals surface area contributed by atoms with Crippen LogP contribution >= 0.6 is 0 Å². The maximum absolute atomic E-state index is 12.4. The zero-order valence-electron chi connectivity index (χ0n) is 21.4. The molecule has 1 unspecified atom stereocenters. The third-order valence-electron chi connectivity index (χ3n) is 5.91. The van der Waals surface area contributed by atoms with Crippen LogP contribution < -0.4 is 24.2 Å². The molecule has 1 fully saturated rings. The van der Waals surface area contributed by atoms with Crippen LogP contribution in [-0.2, 0) is 19.1 Å². The topological polar surface area (TPSA) is 153 Å². The molecule has 0 aromatic heterocycles. The summed E-state index contributed by atoms with van der Waals surface area (Å²) in [4.78, 5) is 44.0. The monoisotopic (exact) mass is 511 g/mol. The minimum atomic E-state index is -2.07. The van der Waals surface area contributed by atoms with Gasteiger partial charge in [-0.1, -0.05) is 19.3 Å². The molecule has 11 nitrogen and oxygen atoms in total. The number of nitrogens with one attached hydrogen (secondary N) is 1. The molecule has 1 aliphatic rings. The highest BCUT2D eigenvalue weighted by molar-refractivity contribution is 6.26. The molecule has 36 heavy (non-hydrogen) atoms. The number of Topliss-reactive ketones (excluding diaryl/α,β-unsaturated/α-hetero) is 1. The average Bonchev–Trinajstić information content (AvgIpc) is 2.89. The Morgan fingerprint density at radius 1 is 0.972 bits per heavy atom. The van der Waals surface area contributed by atoms with E-state index in [0.717, 1.165) is 32.4 Å². The number of hydrogen-bond donors (Lipinski definition) is 2. The number of carbonyl (C=O) groups excluding carboxylic acids is 3. The molecule has 1 aromatic rings. The van der Waals surface area contributed by atoms with Crippen molar-refractivity contribution < 1.29 is 53.2 Å². The Morgan fingerprint density at radius 2 is 1.53 bits per heavy atom. The number of carboxylic acid groups (broad SMARTS) is 2. The molecule has 0 heterocycles. The molecule has 0 amide bonds. The van der Waals surface area contributed by atoms with Gasteiger partial charge >= 0.3 is 11.9 Å². The third kappa shape index (κ3) is 10.5. The lowest BCUT2D eigenvalue weighted by Gasteiger charge is -2.21. The van der Waals surface area contributed by atoms with Crippen LogP contribution in [0.4, 0.5) is 0 Å². The second-order valence-electron chi connectivity index (χ2n) is 8.50. The first-order valence-corrected chi connectivity index (χ1v) is 11.9. The SMILES string of the molecule is COc1cc(C(=O)OCCC[NH+](C)CCC(=O)C2CCCCC2)cc(OC)c1OC.O=C([O-])C(=O)O. The number of benzene rings is 1. The molecule has 0 aliphatic heterocycles. The van der Waals surface area contributed by atoms with E-state index in [4.69, 9.17) is 38.7 Å². The number of ether oxygens (including phenoxy) is 4. The number of methoxy groups -OCH3 is 3. The number of esters is 1. The molecule has 202 valence electrons. The van der Waals surface area contributed by atoms with Crippen molar-refractivity contribution in [1.82, 2.24) is 0 Å². The van der Waals surface area contributed by atoms with E-state index in [1.807, 2.05) is 0 Å². The Labute approximate surface area is 211 Å². The maximum atomic E-state index is 12.4. The molecule has 1 atom stereocenters. The third-order valence-corrected chi connectivity index (χ3v) is 5.91. The van der Waals surface area contributed by atoms with Crippen molar-refractivity contribution in [1.29, 1.82) is 0 Å². The molecule has 2 N–H and O–H groups in total. The van der Waals surface area contributed by atoms with Gasteiger partial charge in [-0.25, -0.2) is 9.59 Å². The van der Waals surface area contributed by atoms with Crippen LogP contribution in [0.2, 0.25) is 0 Å². The summed E-state index contributed by atoms with van der Waals surface area (Å²) in [6.07, 6.45) is 7.15. The summed E-state index contributed by atoms with van der Waals surface area (Å²) in [6, 6.07) is 3.16. The first kappa shape index (κ1) is 30.7. The van der Waals surface area contributed by atoms with Crippen molar-refractivity contribution in [2.24, 2.45) is 5.92 Å². The highest BCUT2D eigenvalue weighted by Crippen LogP contribution is 2.38. The van der Waals surface area contributed by atoms with E-state index < -0.39 is 17.9 Å². The second-order valence-corrected chi connectivity index (χ2v) is 8.50. The Balaban J connectivity index is 0.000000960.